The van der Waals surface area contributed by atoms with Gasteiger partial charge in [-0.1, -0.05) is 34.1 Å². The standard InChI is InChI=1S/C25H22BrN3O5/c1-16-5-3-4-6-21(16)25(32)34-22-12-9-19(26)13-18(22)14-28-29-23(30)15-27-24(31)17-7-10-20(33-2)11-8-17/h3-14H,15H2,1-2H3,(H,27,31)(H,29,30)/b28-14+. The number of halogens is 1. The van der Waals surface area contributed by atoms with Crippen LogP contribution in [0.5, 0.6) is 11.5 Å². The first-order valence-electron chi connectivity index (χ1n) is 10.2. The predicted octanol–water partition coefficient (Wildman–Crippen LogP) is 3.87. The zero-order chi connectivity index (χ0) is 24.5. The molecule has 174 valence electrons. The number of ether oxygens (including phenoxy) is 2. The third-order valence-electron chi connectivity index (χ3n) is 4.69. The first-order chi connectivity index (χ1) is 16.4. The monoisotopic (exact) mass is 523 g/mol. The van der Waals surface area contributed by atoms with Gasteiger partial charge in [-0.3, -0.25) is 9.59 Å². The molecule has 0 spiro atoms. The van der Waals surface area contributed by atoms with Crippen molar-refractivity contribution >= 4 is 39.9 Å². The van der Waals surface area contributed by atoms with Gasteiger partial charge in [0.05, 0.1) is 25.4 Å². The summed E-state index contributed by atoms with van der Waals surface area (Å²) in [5.74, 6) is -0.520. The highest BCUT2D eigenvalue weighted by Gasteiger charge is 2.14. The lowest BCUT2D eigenvalue weighted by Gasteiger charge is -2.09. The maximum atomic E-state index is 12.6. The number of nitrogens with one attached hydrogen (secondary N) is 2. The Bertz CT molecular complexity index is 1230. The average molecular weight is 524 g/mol. The second kappa shape index (κ2) is 11.8. The van der Waals surface area contributed by atoms with Gasteiger partial charge in [-0.05, 0) is 61.0 Å². The van der Waals surface area contributed by atoms with Gasteiger partial charge in [0.15, 0.2) is 0 Å². The molecule has 0 heterocycles. The molecule has 0 aliphatic heterocycles. The Morgan fingerprint density at radius 2 is 1.76 bits per heavy atom. The average Bonchev–Trinajstić information content (AvgIpc) is 2.84. The normalized spacial score (nSPS) is 10.6. The van der Waals surface area contributed by atoms with Crippen molar-refractivity contribution in [1.82, 2.24) is 10.7 Å². The maximum Gasteiger partial charge on any atom is 0.343 e. The molecule has 2 amide bonds. The lowest BCUT2D eigenvalue weighted by atomic mass is 10.1. The van der Waals surface area contributed by atoms with Crippen LogP contribution in [-0.2, 0) is 4.79 Å². The van der Waals surface area contributed by atoms with Crippen LogP contribution in [0, 0.1) is 6.92 Å². The van der Waals surface area contributed by atoms with Crippen molar-refractivity contribution in [3.05, 3.63) is 93.5 Å². The van der Waals surface area contributed by atoms with E-state index in [1.165, 1.54) is 13.3 Å². The SMILES string of the molecule is COc1ccc(C(=O)NCC(=O)N/N=C/c2cc(Br)ccc2OC(=O)c2ccccc2C)cc1. The molecule has 9 heteroatoms. The van der Waals surface area contributed by atoms with Gasteiger partial charge in [0, 0.05) is 15.6 Å². The summed E-state index contributed by atoms with van der Waals surface area (Å²) in [5.41, 5.74) is 4.45. The Hall–Kier alpha value is -3.98. The highest BCUT2D eigenvalue weighted by Crippen LogP contribution is 2.23. The quantitative estimate of drug-likeness (QED) is 0.202. The van der Waals surface area contributed by atoms with Crippen LogP contribution in [0.4, 0.5) is 0 Å². The van der Waals surface area contributed by atoms with Crippen molar-refractivity contribution in [3.63, 3.8) is 0 Å². The van der Waals surface area contributed by atoms with E-state index in [0.29, 0.717) is 22.4 Å². The van der Waals surface area contributed by atoms with E-state index in [0.717, 1.165) is 10.0 Å². The molecule has 2 N–H and O–H groups in total. The molecule has 0 radical (unpaired) electrons. The topological polar surface area (TPSA) is 106 Å². The number of amides is 2. The summed E-state index contributed by atoms with van der Waals surface area (Å²) in [7, 11) is 1.53. The van der Waals surface area contributed by atoms with Gasteiger partial charge in [0.2, 0.25) is 0 Å². The molecular formula is C25H22BrN3O5. The molecular weight excluding hydrogens is 502 g/mol. The van der Waals surface area contributed by atoms with Crippen LogP contribution in [0.15, 0.2) is 76.3 Å². The molecule has 0 fully saturated rings. The van der Waals surface area contributed by atoms with Crippen molar-refractivity contribution in [2.75, 3.05) is 13.7 Å². The summed E-state index contributed by atoms with van der Waals surface area (Å²) < 4.78 is 11.3. The molecule has 8 nitrogen and oxygen atoms in total. The third kappa shape index (κ3) is 6.76. The second-order valence-electron chi connectivity index (χ2n) is 7.09. The number of hydrogen-bond acceptors (Lipinski definition) is 6. The Kier molecular flexibility index (Phi) is 8.53. The van der Waals surface area contributed by atoms with Gasteiger partial charge in [-0.2, -0.15) is 5.10 Å². The van der Waals surface area contributed by atoms with Gasteiger partial charge in [0.25, 0.3) is 11.8 Å². The molecule has 0 saturated heterocycles. The number of benzene rings is 3. The Balaban J connectivity index is 1.58. The van der Waals surface area contributed by atoms with E-state index in [1.54, 1.807) is 54.6 Å². The van der Waals surface area contributed by atoms with E-state index >= 15 is 0 Å². The van der Waals surface area contributed by atoms with Gasteiger partial charge in [-0.25, -0.2) is 10.2 Å². The van der Waals surface area contributed by atoms with Gasteiger partial charge in [-0.15, -0.1) is 0 Å². The fourth-order valence-electron chi connectivity index (χ4n) is 2.89. The molecule has 0 aromatic heterocycles. The van der Waals surface area contributed by atoms with Crippen LogP contribution in [0.1, 0.15) is 31.8 Å². The number of hydrogen-bond donors (Lipinski definition) is 2. The molecule has 3 aromatic carbocycles. The Morgan fingerprint density at radius 1 is 1.03 bits per heavy atom. The fraction of sp³-hybridized carbons (Fsp3) is 0.120. The fourth-order valence-corrected chi connectivity index (χ4v) is 3.27. The predicted molar refractivity (Wildman–Crippen MR) is 131 cm³/mol. The number of nitrogens with zero attached hydrogens (tertiary/aromatic N) is 1. The molecule has 0 bridgehead atoms. The van der Waals surface area contributed by atoms with Crippen molar-refractivity contribution in [1.29, 1.82) is 0 Å². The largest absolute Gasteiger partial charge is 0.497 e. The first-order valence-corrected chi connectivity index (χ1v) is 11.0. The van der Waals surface area contributed by atoms with Crippen LogP contribution in [0.2, 0.25) is 0 Å². The number of rotatable bonds is 8. The second-order valence-corrected chi connectivity index (χ2v) is 8.01. The minimum atomic E-state index is -0.522. The van der Waals surface area contributed by atoms with Crippen LogP contribution >= 0.6 is 15.9 Å². The lowest BCUT2D eigenvalue weighted by Crippen LogP contribution is -2.34. The van der Waals surface area contributed by atoms with Crippen molar-refractivity contribution in [2.24, 2.45) is 5.10 Å². The summed E-state index contributed by atoms with van der Waals surface area (Å²) in [6.07, 6.45) is 1.36. The maximum absolute atomic E-state index is 12.6. The van der Waals surface area contributed by atoms with Crippen LogP contribution in [0.25, 0.3) is 0 Å². The van der Waals surface area contributed by atoms with Crippen molar-refractivity contribution in [2.45, 2.75) is 6.92 Å². The molecule has 0 unspecified atom stereocenters. The summed E-state index contributed by atoms with van der Waals surface area (Å²) in [4.78, 5) is 36.8. The molecule has 3 aromatic rings. The summed E-state index contributed by atoms with van der Waals surface area (Å²) in [6, 6.07) is 18.7. The van der Waals surface area contributed by atoms with E-state index in [1.807, 2.05) is 19.1 Å². The van der Waals surface area contributed by atoms with E-state index in [-0.39, 0.29) is 12.3 Å². The van der Waals surface area contributed by atoms with E-state index in [9.17, 15) is 14.4 Å². The number of carbonyl (C=O) groups excluding carboxylic acids is 3. The summed E-state index contributed by atoms with van der Waals surface area (Å²) in [5, 5.41) is 6.42. The Labute approximate surface area is 205 Å². The number of methoxy groups -OCH3 is 1. The lowest BCUT2D eigenvalue weighted by molar-refractivity contribution is -0.120. The van der Waals surface area contributed by atoms with Gasteiger partial charge in [0.1, 0.15) is 11.5 Å². The third-order valence-corrected chi connectivity index (χ3v) is 5.19. The van der Waals surface area contributed by atoms with Crippen LogP contribution < -0.4 is 20.2 Å². The number of aryl methyl sites for hydroxylation is 1. The van der Waals surface area contributed by atoms with Crippen molar-refractivity contribution < 1.29 is 23.9 Å². The van der Waals surface area contributed by atoms with E-state index < -0.39 is 17.8 Å². The zero-order valence-electron chi connectivity index (χ0n) is 18.5. The zero-order valence-corrected chi connectivity index (χ0v) is 20.1. The number of hydrazone groups is 1. The van der Waals surface area contributed by atoms with Gasteiger partial charge >= 0.3 is 5.97 Å². The number of esters is 1. The first kappa shape index (κ1) is 24.7. The van der Waals surface area contributed by atoms with Gasteiger partial charge < -0.3 is 14.8 Å². The highest BCUT2D eigenvalue weighted by molar-refractivity contribution is 9.10. The van der Waals surface area contributed by atoms with E-state index in [4.69, 9.17) is 9.47 Å². The molecule has 0 aliphatic rings. The van der Waals surface area contributed by atoms with Crippen LogP contribution in [0.3, 0.4) is 0 Å². The molecule has 0 saturated carbocycles. The minimum Gasteiger partial charge on any atom is -0.497 e. The molecule has 0 atom stereocenters. The molecule has 0 aliphatic carbocycles. The van der Waals surface area contributed by atoms with Crippen molar-refractivity contribution in [3.8, 4) is 11.5 Å². The highest BCUT2D eigenvalue weighted by atomic mass is 79.9. The minimum absolute atomic E-state index is 0.268. The number of carbonyl (C=O) groups is 3. The smallest absolute Gasteiger partial charge is 0.343 e. The summed E-state index contributed by atoms with van der Waals surface area (Å²) >= 11 is 3.37. The Morgan fingerprint density at radius 3 is 2.47 bits per heavy atom. The molecule has 3 rings (SSSR count). The summed E-state index contributed by atoms with van der Waals surface area (Å²) in [6.45, 7) is 1.55. The van der Waals surface area contributed by atoms with E-state index in [2.05, 4.69) is 31.8 Å². The van der Waals surface area contributed by atoms with Crippen LogP contribution in [-0.4, -0.2) is 37.7 Å². The molecule has 34 heavy (non-hydrogen) atoms.